The summed E-state index contributed by atoms with van der Waals surface area (Å²) < 4.78 is 0. The predicted octanol–water partition coefficient (Wildman–Crippen LogP) is 5.02. The van der Waals surface area contributed by atoms with Crippen molar-refractivity contribution in [2.24, 2.45) is 52.8 Å². The maximum atomic E-state index is 10.6. The Kier molecular flexibility index (Phi) is 4.12. The van der Waals surface area contributed by atoms with Crippen molar-refractivity contribution in [2.75, 3.05) is 0 Å². The summed E-state index contributed by atoms with van der Waals surface area (Å²) in [7, 11) is 0. The summed E-state index contributed by atoms with van der Waals surface area (Å²) in [5.74, 6) is 6.76. The first-order valence-electron chi connectivity index (χ1n) is 11.7. The zero-order valence-corrected chi connectivity index (χ0v) is 17.2. The van der Waals surface area contributed by atoms with Crippen LogP contribution in [0.1, 0.15) is 85.0 Å². The molecule has 5 saturated carbocycles. The summed E-state index contributed by atoms with van der Waals surface area (Å²) >= 11 is 0. The fourth-order valence-corrected chi connectivity index (χ4v) is 9.06. The van der Waals surface area contributed by atoms with Crippen LogP contribution >= 0.6 is 0 Å². The second kappa shape index (κ2) is 5.96. The van der Waals surface area contributed by atoms with E-state index in [1.165, 1.54) is 51.4 Å². The molecule has 0 bridgehead atoms. The van der Waals surface area contributed by atoms with Crippen LogP contribution in [0.4, 0.5) is 0 Å². The van der Waals surface area contributed by atoms with E-state index in [4.69, 9.17) is 0 Å². The molecule has 2 heteroatoms. The smallest absolute Gasteiger partial charge is 0.0622 e. The topological polar surface area (TPSA) is 40.5 Å². The Morgan fingerprint density at radius 1 is 0.808 bits per heavy atom. The van der Waals surface area contributed by atoms with Crippen molar-refractivity contribution in [1.82, 2.24) is 0 Å². The Morgan fingerprint density at radius 2 is 1.50 bits per heavy atom. The van der Waals surface area contributed by atoms with Gasteiger partial charge in [0.25, 0.3) is 0 Å². The minimum Gasteiger partial charge on any atom is -0.393 e. The number of aliphatic hydroxyl groups excluding tert-OH is 1. The van der Waals surface area contributed by atoms with Gasteiger partial charge in [0.2, 0.25) is 0 Å². The summed E-state index contributed by atoms with van der Waals surface area (Å²) in [5.41, 5.74) is -0.0197. The lowest BCUT2D eigenvalue weighted by Crippen LogP contribution is -2.52. The van der Waals surface area contributed by atoms with Gasteiger partial charge in [-0.2, -0.15) is 0 Å². The van der Waals surface area contributed by atoms with Gasteiger partial charge < -0.3 is 10.2 Å². The third kappa shape index (κ3) is 2.65. The van der Waals surface area contributed by atoms with Crippen LogP contribution in [-0.2, 0) is 0 Å². The lowest BCUT2D eigenvalue weighted by molar-refractivity contribution is -0.113. The monoisotopic (exact) mass is 360 g/mol. The van der Waals surface area contributed by atoms with E-state index in [1.807, 2.05) is 0 Å². The summed E-state index contributed by atoms with van der Waals surface area (Å²) in [5, 5.41) is 21.2. The number of aliphatic hydroxyl groups is 2. The van der Waals surface area contributed by atoms with Crippen molar-refractivity contribution >= 4 is 0 Å². The fraction of sp³-hybridized carbons (Fsp3) is 1.00. The molecule has 10 atom stereocenters. The zero-order valence-electron chi connectivity index (χ0n) is 17.2. The molecule has 5 aliphatic carbocycles. The number of rotatable bonds is 2. The first kappa shape index (κ1) is 18.0. The standard InChI is InChI=1S/C24H40O2/c1-14(25)21-12-20(15-4-5-15)22-19-7-6-16-13-23(2,26)10-8-17(16)18(19)9-11-24(21,22)3/h14-22,25-26H,4-13H2,1-3H3/t14-,16-,17+,18-,19-,20+,21-,22-,23-,24-/m1/s1. The average molecular weight is 361 g/mol. The van der Waals surface area contributed by atoms with Gasteiger partial charge in [0.1, 0.15) is 0 Å². The Bertz CT molecular complexity index is 550. The van der Waals surface area contributed by atoms with Crippen LogP contribution in [0.25, 0.3) is 0 Å². The molecule has 0 heterocycles. The normalized spacial score (nSPS) is 57.8. The van der Waals surface area contributed by atoms with E-state index in [9.17, 15) is 10.2 Å². The lowest BCUT2D eigenvalue weighted by Gasteiger charge is -2.58. The molecule has 5 rings (SSSR count). The number of hydrogen-bond acceptors (Lipinski definition) is 2. The van der Waals surface area contributed by atoms with Crippen molar-refractivity contribution in [3.8, 4) is 0 Å². The third-order valence-electron chi connectivity index (χ3n) is 10.2. The largest absolute Gasteiger partial charge is 0.393 e. The van der Waals surface area contributed by atoms with Gasteiger partial charge in [0.15, 0.2) is 0 Å². The van der Waals surface area contributed by atoms with Crippen LogP contribution in [0, 0.1) is 52.8 Å². The second-order valence-electron chi connectivity index (χ2n) is 11.7. The highest BCUT2D eigenvalue weighted by molar-refractivity contribution is 5.12. The maximum absolute atomic E-state index is 10.6. The molecule has 0 aromatic carbocycles. The molecule has 5 fully saturated rings. The second-order valence-corrected chi connectivity index (χ2v) is 11.7. The van der Waals surface area contributed by atoms with E-state index in [0.29, 0.717) is 11.3 Å². The van der Waals surface area contributed by atoms with Crippen LogP contribution in [0.15, 0.2) is 0 Å². The van der Waals surface area contributed by atoms with Crippen molar-refractivity contribution in [3.05, 3.63) is 0 Å². The third-order valence-corrected chi connectivity index (χ3v) is 10.2. The van der Waals surface area contributed by atoms with Gasteiger partial charge >= 0.3 is 0 Å². The van der Waals surface area contributed by atoms with E-state index in [0.717, 1.165) is 54.3 Å². The van der Waals surface area contributed by atoms with Gasteiger partial charge in [-0.3, -0.25) is 0 Å². The van der Waals surface area contributed by atoms with E-state index in [-0.39, 0.29) is 6.10 Å². The fourth-order valence-electron chi connectivity index (χ4n) is 9.06. The maximum Gasteiger partial charge on any atom is 0.0622 e. The lowest BCUT2D eigenvalue weighted by atomic mass is 9.48. The van der Waals surface area contributed by atoms with E-state index in [1.54, 1.807) is 0 Å². The van der Waals surface area contributed by atoms with Gasteiger partial charge in [-0.15, -0.1) is 0 Å². The molecule has 0 spiro atoms. The summed E-state index contributed by atoms with van der Waals surface area (Å²) in [6.07, 6.45) is 12.9. The molecule has 0 unspecified atom stereocenters. The zero-order chi connectivity index (χ0) is 18.3. The molecule has 2 nitrogen and oxygen atoms in total. The SMILES string of the molecule is C[C@@H](O)[C@H]1C[C@@H](C2CC2)[C@H]2[C@@H]3CC[C@@H]4C[C@](C)(O)CC[C@@H]4[C@H]3CC[C@@]21C. The Labute approximate surface area is 160 Å². The van der Waals surface area contributed by atoms with Crippen LogP contribution in [0.2, 0.25) is 0 Å². The summed E-state index contributed by atoms with van der Waals surface area (Å²) in [6.45, 7) is 6.69. The van der Waals surface area contributed by atoms with Crippen molar-refractivity contribution in [1.29, 1.82) is 0 Å². The minimum atomic E-state index is -0.404. The molecule has 0 radical (unpaired) electrons. The molecule has 0 saturated heterocycles. The highest BCUT2D eigenvalue weighted by Gasteiger charge is 2.63. The molecule has 0 aromatic rings. The molecule has 5 aliphatic rings. The predicted molar refractivity (Wildman–Crippen MR) is 105 cm³/mol. The molecular weight excluding hydrogens is 320 g/mol. The first-order chi connectivity index (χ1) is 12.3. The molecule has 0 amide bonds. The van der Waals surface area contributed by atoms with Gasteiger partial charge in [-0.1, -0.05) is 6.92 Å². The van der Waals surface area contributed by atoms with Crippen LogP contribution in [0.5, 0.6) is 0 Å². The molecule has 0 aliphatic heterocycles. The summed E-state index contributed by atoms with van der Waals surface area (Å²) in [4.78, 5) is 0. The van der Waals surface area contributed by atoms with Gasteiger partial charge in [-0.25, -0.2) is 0 Å². The molecule has 2 N–H and O–H groups in total. The van der Waals surface area contributed by atoms with Crippen LogP contribution in [-0.4, -0.2) is 21.9 Å². The number of hydrogen-bond donors (Lipinski definition) is 2. The Morgan fingerprint density at radius 3 is 2.19 bits per heavy atom. The Hall–Kier alpha value is -0.0800. The summed E-state index contributed by atoms with van der Waals surface area (Å²) in [6, 6.07) is 0. The van der Waals surface area contributed by atoms with Crippen LogP contribution < -0.4 is 0 Å². The molecule has 26 heavy (non-hydrogen) atoms. The number of fused-ring (bicyclic) bond motifs is 5. The molecular formula is C24H40O2. The van der Waals surface area contributed by atoms with E-state index < -0.39 is 5.60 Å². The van der Waals surface area contributed by atoms with Crippen molar-refractivity contribution in [2.45, 2.75) is 96.7 Å². The minimum absolute atomic E-state index is 0.135. The van der Waals surface area contributed by atoms with E-state index >= 15 is 0 Å². The van der Waals surface area contributed by atoms with Gasteiger partial charge in [0.05, 0.1) is 11.7 Å². The average Bonchev–Trinajstić information content (AvgIpc) is 3.35. The molecule has 148 valence electrons. The van der Waals surface area contributed by atoms with E-state index in [2.05, 4.69) is 20.8 Å². The highest BCUT2D eigenvalue weighted by atomic mass is 16.3. The first-order valence-corrected chi connectivity index (χ1v) is 11.7. The quantitative estimate of drug-likeness (QED) is 0.725. The van der Waals surface area contributed by atoms with Gasteiger partial charge in [-0.05, 0) is 131 Å². The highest BCUT2D eigenvalue weighted by Crippen LogP contribution is 2.69. The van der Waals surface area contributed by atoms with Crippen molar-refractivity contribution < 1.29 is 10.2 Å². The Balaban J connectivity index is 1.43. The molecule has 0 aromatic heterocycles. The van der Waals surface area contributed by atoms with Gasteiger partial charge in [0, 0.05) is 0 Å². The van der Waals surface area contributed by atoms with Crippen molar-refractivity contribution in [3.63, 3.8) is 0 Å². The van der Waals surface area contributed by atoms with Crippen LogP contribution in [0.3, 0.4) is 0 Å².